The van der Waals surface area contributed by atoms with Crippen LogP contribution in [0.3, 0.4) is 0 Å². The Labute approximate surface area is 187 Å². The van der Waals surface area contributed by atoms with Gasteiger partial charge in [-0.15, -0.1) is 11.3 Å². The molecule has 5 aromatic rings. The van der Waals surface area contributed by atoms with Crippen molar-refractivity contribution in [3.05, 3.63) is 101 Å². The number of nitrogens with one attached hydrogen (secondary N) is 1. The molecule has 0 atom stereocenters. The number of non-ortho nitro benzene ring substituents is 1. The number of nitrogens with zero attached hydrogens (tertiary/aromatic N) is 3. The predicted octanol–water partition coefficient (Wildman–Crippen LogP) is 6.80. The molecule has 0 aliphatic carbocycles. The maximum Gasteiger partial charge on any atom is 0.270 e. The summed E-state index contributed by atoms with van der Waals surface area (Å²) < 4.78 is 5.84. The standard InChI is InChI=1S/C24H16N4O3S/c29-28(30)18-6-4-5-16(13-18)21-14-32-24-22(21)23(25-15-26-24)27-17-9-11-20(12-10-17)31-19-7-2-1-3-8-19/h1-15H,(H,25,26,27). The van der Waals surface area contributed by atoms with Crippen LogP contribution in [0.4, 0.5) is 17.2 Å². The number of ether oxygens (including phenoxy) is 1. The predicted molar refractivity (Wildman–Crippen MR) is 126 cm³/mol. The highest BCUT2D eigenvalue weighted by Gasteiger charge is 2.15. The van der Waals surface area contributed by atoms with Gasteiger partial charge >= 0.3 is 0 Å². The van der Waals surface area contributed by atoms with Crippen LogP contribution in [-0.2, 0) is 0 Å². The first-order valence-electron chi connectivity index (χ1n) is 9.74. The topological polar surface area (TPSA) is 90.2 Å². The van der Waals surface area contributed by atoms with Crippen molar-refractivity contribution in [3.63, 3.8) is 0 Å². The molecule has 0 bridgehead atoms. The molecular weight excluding hydrogens is 424 g/mol. The average Bonchev–Trinajstić information content (AvgIpc) is 3.26. The van der Waals surface area contributed by atoms with E-state index in [9.17, 15) is 10.1 Å². The molecule has 0 saturated heterocycles. The first kappa shape index (κ1) is 19.7. The summed E-state index contributed by atoms with van der Waals surface area (Å²) in [6, 6.07) is 23.7. The van der Waals surface area contributed by atoms with Gasteiger partial charge in [0.1, 0.15) is 28.5 Å². The Bertz CT molecular complexity index is 1400. The molecule has 32 heavy (non-hydrogen) atoms. The number of rotatable bonds is 6. The molecule has 0 aliphatic rings. The molecule has 0 aliphatic heterocycles. The van der Waals surface area contributed by atoms with Gasteiger partial charge in [0.2, 0.25) is 0 Å². The molecule has 5 rings (SSSR count). The summed E-state index contributed by atoms with van der Waals surface area (Å²) in [5, 5.41) is 17.3. The first-order valence-corrected chi connectivity index (χ1v) is 10.6. The zero-order chi connectivity index (χ0) is 21.9. The van der Waals surface area contributed by atoms with Gasteiger partial charge in [0.25, 0.3) is 5.69 Å². The number of nitro groups is 1. The Hall–Kier alpha value is -4.30. The molecule has 0 saturated carbocycles. The van der Waals surface area contributed by atoms with Crippen LogP contribution >= 0.6 is 11.3 Å². The van der Waals surface area contributed by atoms with E-state index >= 15 is 0 Å². The van der Waals surface area contributed by atoms with Crippen molar-refractivity contribution in [1.29, 1.82) is 0 Å². The zero-order valence-corrected chi connectivity index (χ0v) is 17.5. The van der Waals surface area contributed by atoms with Crippen LogP contribution in [0.25, 0.3) is 21.3 Å². The van der Waals surface area contributed by atoms with Crippen molar-refractivity contribution >= 4 is 38.7 Å². The van der Waals surface area contributed by atoms with Gasteiger partial charge in [0, 0.05) is 28.8 Å². The lowest BCUT2D eigenvalue weighted by atomic mass is 10.1. The van der Waals surface area contributed by atoms with Crippen molar-refractivity contribution in [3.8, 4) is 22.6 Å². The Morgan fingerprint density at radius 1 is 0.906 bits per heavy atom. The number of benzene rings is 3. The normalized spacial score (nSPS) is 10.8. The van der Waals surface area contributed by atoms with E-state index in [2.05, 4.69) is 15.3 Å². The fourth-order valence-corrected chi connectivity index (χ4v) is 4.25. The number of para-hydroxylation sites is 1. The average molecular weight is 440 g/mol. The Kier molecular flexibility index (Phi) is 5.19. The number of hydrogen-bond donors (Lipinski definition) is 1. The maximum absolute atomic E-state index is 11.2. The van der Waals surface area contributed by atoms with Crippen LogP contribution in [0, 0.1) is 10.1 Å². The van der Waals surface area contributed by atoms with Crippen molar-refractivity contribution in [1.82, 2.24) is 9.97 Å². The minimum atomic E-state index is -0.396. The molecule has 0 fully saturated rings. The van der Waals surface area contributed by atoms with Crippen LogP contribution in [0.1, 0.15) is 0 Å². The van der Waals surface area contributed by atoms with Crippen molar-refractivity contribution in [2.75, 3.05) is 5.32 Å². The smallest absolute Gasteiger partial charge is 0.270 e. The van der Waals surface area contributed by atoms with Crippen molar-refractivity contribution in [2.24, 2.45) is 0 Å². The number of hydrogen-bond acceptors (Lipinski definition) is 7. The van der Waals surface area contributed by atoms with Crippen molar-refractivity contribution < 1.29 is 9.66 Å². The lowest BCUT2D eigenvalue weighted by Crippen LogP contribution is -1.96. The third-order valence-corrected chi connectivity index (χ3v) is 5.72. The third kappa shape index (κ3) is 3.99. The van der Waals surface area contributed by atoms with E-state index in [4.69, 9.17) is 4.74 Å². The second-order valence-corrected chi connectivity index (χ2v) is 7.78. The lowest BCUT2D eigenvalue weighted by Gasteiger charge is -2.10. The highest BCUT2D eigenvalue weighted by atomic mass is 32.1. The molecule has 0 spiro atoms. The summed E-state index contributed by atoms with van der Waals surface area (Å²) in [7, 11) is 0. The summed E-state index contributed by atoms with van der Waals surface area (Å²) >= 11 is 1.47. The third-order valence-electron chi connectivity index (χ3n) is 4.83. The Balaban J connectivity index is 1.45. The molecule has 1 N–H and O–H groups in total. The molecule has 3 aromatic carbocycles. The van der Waals surface area contributed by atoms with Gasteiger partial charge in [0.05, 0.1) is 10.3 Å². The summed E-state index contributed by atoms with van der Waals surface area (Å²) in [6.45, 7) is 0. The zero-order valence-electron chi connectivity index (χ0n) is 16.6. The van der Waals surface area contributed by atoms with Crippen molar-refractivity contribution in [2.45, 2.75) is 0 Å². The van der Waals surface area contributed by atoms with Gasteiger partial charge in [0.15, 0.2) is 0 Å². The van der Waals surface area contributed by atoms with E-state index in [0.29, 0.717) is 5.82 Å². The van der Waals surface area contributed by atoms with E-state index in [-0.39, 0.29) is 5.69 Å². The SMILES string of the molecule is O=[N+]([O-])c1cccc(-c2csc3ncnc(Nc4ccc(Oc5ccccc5)cc4)c23)c1. The molecule has 2 heterocycles. The molecule has 8 heteroatoms. The van der Waals surface area contributed by atoms with Gasteiger partial charge in [-0.2, -0.15) is 0 Å². The molecular formula is C24H16N4O3S. The largest absolute Gasteiger partial charge is 0.457 e. The monoisotopic (exact) mass is 440 g/mol. The van der Waals surface area contributed by atoms with Crippen LogP contribution in [0.5, 0.6) is 11.5 Å². The molecule has 0 radical (unpaired) electrons. The second-order valence-electron chi connectivity index (χ2n) is 6.92. The summed E-state index contributed by atoms with van der Waals surface area (Å²) in [5.74, 6) is 2.13. The number of anilines is 2. The number of aromatic nitrogens is 2. The minimum Gasteiger partial charge on any atom is -0.457 e. The minimum absolute atomic E-state index is 0.0437. The van der Waals surface area contributed by atoms with Crippen LogP contribution in [0.2, 0.25) is 0 Å². The fraction of sp³-hybridized carbons (Fsp3) is 0. The van der Waals surface area contributed by atoms with Crippen LogP contribution in [0.15, 0.2) is 90.6 Å². The molecule has 0 amide bonds. The Morgan fingerprint density at radius 3 is 2.47 bits per heavy atom. The van der Waals surface area contributed by atoms with Gasteiger partial charge in [-0.1, -0.05) is 30.3 Å². The number of thiophene rings is 1. The summed E-state index contributed by atoms with van der Waals surface area (Å²) in [5.41, 5.74) is 2.47. The Morgan fingerprint density at radius 2 is 1.69 bits per heavy atom. The number of nitro benzene ring substituents is 1. The molecule has 0 unspecified atom stereocenters. The van der Waals surface area contributed by atoms with Crippen LogP contribution in [-0.4, -0.2) is 14.9 Å². The fourth-order valence-electron chi connectivity index (χ4n) is 3.34. The van der Waals surface area contributed by atoms with E-state index in [1.165, 1.54) is 23.7 Å². The van der Waals surface area contributed by atoms with Gasteiger partial charge < -0.3 is 10.1 Å². The van der Waals surface area contributed by atoms with Crippen LogP contribution < -0.4 is 10.1 Å². The van der Waals surface area contributed by atoms with E-state index in [0.717, 1.165) is 38.5 Å². The molecule has 156 valence electrons. The second kappa shape index (κ2) is 8.44. The maximum atomic E-state index is 11.2. The lowest BCUT2D eigenvalue weighted by molar-refractivity contribution is -0.384. The first-order chi connectivity index (χ1) is 15.7. The van der Waals surface area contributed by atoms with E-state index in [1.807, 2.05) is 66.0 Å². The van der Waals surface area contributed by atoms with Gasteiger partial charge in [-0.25, -0.2) is 9.97 Å². The molecule has 7 nitrogen and oxygen atoms in total. The number of fused-ring (bicyclic) bond motifs is 1. The highest BCUT2D eigenvalue weighted by molar-refractivity contribution is 7.17. The van der Waals surface area contributed by atoms with Gasteiger partial charge in [-0.3, -0.25) is 10.1 Å². The summed E-state index contributed by atoms with van der Waals surface area (Å²) in [4.78, 5) is 20.4. The highest BCUT2D eigenvalue weighted by Crippen LogP contribution is 2.38. The van der Waals surface area contributed by atoms with Gasteiger partial charge in [-0.05, 0) is 42.0 Å². The van der Waals surface area contributed by atoms with E-state index in [1.54, 1.807) is 12.1 Å². The quantitative estimate of drug-likeness (QED) is 0.231. The molecule has 2 aromatic heterocycles. The van der Waals surface area contributed by atoms with E-state index < -0.39 is 4.92 Å². The summed E-state index contributed by atoms with van der Waals surface area (Å²) in [6.07, 6.45) is 1.51.